The molecule has 2 heterocycles. The van der Waals surface area contributed by atoms with E-state index in [-0.39, 0.29) is 17.6 Å². The first-order valence-electron chi connectivity index (χ1n) is 12.2. The molecule has 1 amide bonds. The molecule has 5 rings (SSSR count). The van der Waals surface area contributed by atoms with Gasteiger partial charge in [-0.2, -0.15) is 0 Å². The summed E-state index contributed by atoms with van der Waals surface area (Å²) in [6, 6.07) is 20.8. The van der Waals surface area contributed by atoms with Gasteiger partial charge in [0.05, 0.1) is 14.2 Å². The van der Waals surface area contributed by atoms with Crippen LogP contribution < -0.4 is 20.1 Å². The van der Waals surface area contributed by atoms with Gasteiger partial charge in [0, 0.05) is 41.1 Å². The molecule has 0 spiro atoms. The smallest absolute Gasteiger partial charge is 0.255 e. The number of nitrogens with one attached hydrogen (secondary N) is 2. The van der Waals surface area contributed by atoms with Gasteiger partial charge in [-0.3, -0.25) is 9.59 Å². The van der Waals surface area contributed by atoms with Crippen LogP contribution in [0.25, 0.3) is 0 Å². The standard InChI is InChI=1S/C30H29N3O4/c1-18-27(30(35)33-26-9-4-5-14-31-26)28(20-7-6-8-23(15-20)37-3)29-24(32-18)16-21(17-25(29)34)19-10-12-22(36-2)13-11-19/h4-15,21,28,32H,16-17H2,1-3H3,(H,31,33,35)/t21-,28+/m0/s1. The van der Waals surface area contributed by atoms with Gasteiger partial charge in [0.15, 0.2) is 5.78 Å². The van der Waals surface area contributed by atoms with E-state index in [2.05, 4.69) is 15.6 Å². The molecule has 2 N–H and O–H groups in total. The van der Waals surface area contributed by atoms with Gasteiger partial charge in [-0.25, -0.2) is 4.98 Å². The molecule has 188 valence electrons. The molecule has 37 heavy (non-hydrogen) atoms. The first-order chi connectivity index (χ1) is 18.0. The van der Waals surface area contributed by atoms with Crippen LogP contribution in [0.4, 0.5) is 5.82 Å². The number of hydrogen-bond acceptors (Lipinski definition) is 6. The molecule has 2 aliphatic rings. The summed E-state index contributed by atoms with van der Waals surface area (Å²) in [5.41, 5.74) is 4.61. The van der Waals surface area contributed by atoms with Crippen LogP contribution in [0.5, 0.6) is 11.5 Å². The van der Waals surface area contributed by atoms with Crippen LogP contribution in [0.3, 0.4) is 0 Å². The Bertz CT molecular complexity index is 1390. The lowest BCUT2D eigenvalue weighted by atomic mass is 9.71. The fourth-order valence-electron chi connectivity index (χ4n) is 5.23. The number of Topliss-reactive ketones (excluding diaryl/α,β-unsaturated/α-hetero) is 1. The quantitative estimate of drug-likeness (QED) is 0.495. The number of dihydropyridines is 1. The number of aromatic nitrogens is 1. The predicted octanol–water partition coefficient (Wildman–Crippen LogP) is 5.10. The number of allylic oxidation sites excluding steroid dienone is 3. The minimum atomic E-state index is -0.528. The molecule has 1 aliphatic carbocycles. The second-order valence-electron chi connectivity index (χ2n) is 9.24. The maximum Gasteiger partial charge on any atom is 0.255 e. The second kappa shape index (κ2) is 10.3. The topological polar surface area (TPSA) is 89.5 Å². The number of ether oxygens (including phenoxy) is 2. The van der Waals surface area contributed by atoms with Gasteiger partial charge in [-0.15, -0.1) is 0 Å². The SMILES string of the molecule is COc1ccc([C@@H]2CC(=O)C3=C(C2)NC(C)=C(C(=O)Nc2ccccn2)[C@H]3c2cccc(OC)c2)cc1. The van der Waals surface area contributed by atoms with Crippen molar-refractivity contribution in [2.24, 2.45) is 0 Å². The van der Waals surface area contributed by atoms with Gasteiger partial charge in [0.2, 0.25) is 0 Å². The minimum Gasteiger partial charge on any atom is -0.497 e. The first kappa shape index (κ1) is 24.3. The number of ketones is 1. The Balaban J connectivity index is 1.55. The van der Waals surface area contributed by atoms with Crippen molar-refractivity contribution >= 4 is 17.5 Å². The van der Waals surface area contributed by atoms with E-state index in [1.54, 1.807) is 32.5 Å². The molecule has 1 aromatic heterocycles. The average Bonchev–Trinajstić information content (AvgIpc) is 2.92. The van der Waals surface area contributed by atoms with Gasteiger partial charge >= 0.3 is 0 Å². The van der Waals surface area contributed by atoms with Crippen LogP contribution in [-0.2, 0) is 9.59 Å². The van der Waals surface area contributed by atoms with Crippen molar-refractivity contribution in [3.05, 3.63) is 107 Å². The van der Waals surface area contributed by atoms with Crippen molar-refractivity contribution in [2.45, 2.75) is 31.6 Å². The average molecular weight is 496 g/mol. The lowest BCUT2D eigenvalue weighted by molar-refractivity contribution is -0.116. The molecule has 0 unspecified atom stereocenters. The van der Waals surface area contributed by atoms with Crippen molar-refractivity contribution in [2.75, 3.05) is 19.5 Å². The fourth-order valence-corrected chi connectivity index (χ4v) is 5.23. The number of carbonyl (C=O) groups is 2. The Kier molecular flexibility index (Phi) is 6.77. The highest BCUT2D eigenvalue weighted by molar-refractivity contribution is 6.09. The fraction of sp³-hybridized carbons (Fsp3) is 0.233. The van der Waals surface area contributed by atoms with Gasteiger partial charge in [0.1, 0.15) is 17.3 Å². The molecular formula is C30H29N3O4. The van der Waals surface area contributed by atoms with Crippen LogP contribution in [0.1, 0.15) is 42.7 Å². The molecule has 0 fully saturated rings. The molecule has 2 atom stereocenters. The van der Waals surface area contributed by atoms with Crippen molar-refractivity contribution in [3.8, 4) is 11.5 Å². The lowest BCUT2D eigenvalue weighted by Crippen LogP contribution is -2.37. The van der Waals surface area contributed by atoms with Crippen LogP contribution in [0.2, 0.25) is 0 Å². The van der Waals surface area contributed by atoms with Crippen molar-refractivity contribution in [1.29, 1.82) is 0 Å². The number of pyridine rings is 1. The number of anilines is 1. The number of benzene rings is 2. The summed E-state index contributed by atoms with van der Waals surface area (Å²) in [6.45, 7) is 1.88. The number of hydrogen-bond donors (Lipinski definition) is 2. The van der Waals surface area contributed by atoms with Crippen LogP contribution in [-0.4, -0.2) is 30.9 Å². The van der Waals surface area contributed by atoms with Crippen LogP contribution >= 0.6 is 0 Å². The zero-order chi connectivity index (χ0) is 25.9. The maximum atomic E-state index is 13.8. The summed E-state index contributed by atoms with van der Waals surface area (Å²) in [5, 5.41) is 6.32. The second-order valence-corrected chi connectivity index (χ2v) is 9.24. The summed E-state index contributed by atoms with van der Waals surface area (Å²) in [4.78, 5) is 31.6. The number of nitrogens with zero attached hydrogens (tertiary/aromatic N) is 1. The molecule has 0 saturated heterocycles. The van der Waals surface area contributed by atoms with Crippen molar-refractivity contribution < 1.29 is 19.1 Å². The van der Waals surface area contributed by atoms with E-state index < -0.39 is 5.92 Å². The van der Waals surface area contributed by atoms with E-state index in [1.165, 1.54) is 0 Å². The van der Waals surface area contributed by atoms with E-state index in [0.717, 1.165) is 22.6 Å². The zero-order valence-electron chi connectivity index (χ0n) is 21.1. The summed E-state index contributed by atoms with van der Waals surface area (Å²) in [5.74, 6) is 1.13. The maximum absolute atomic E-state index is 13.8. The molecule has 0 bridgehead atoms. The van der Waals surface area contributed by atoms with Gasteiger partial charge in [-0.05, 0) is 66.8 Å². The van der Waals surface area contributed by atoms with E-state index in [9.17, 15) is 9.59 Å². The third-order valence-electron chi connectivity index (χ3n) is 6.99. The zero-order valence-corrected chi connectivity index (χ0v) is 21.1. The predicted molar refractivity (Wildman–Crippen MR) is 141 cm³/mol. The van der Waals surface area contributed by atoms with Gasteiger partial charge in [0.25, 0.3) is 5.91 Å². The molecule has 1 aliphatic heterocycles. The monoisotopic (exact) mass is 495 g/mol. The lowest BCUT2D eigenvalue weighted by Gasteiger charge is -2.37. The van der Waals surface area contributed by atoms with Gasteiger partial charge in [-0.1, -0.05) is 30.3 Å². The van der Waals surface area contributed by atoms with E-state index in [1.807, 2.05) is 61.5 Å². The summed E-state index contributed by atoms with van der Waals surface area (Å²) < 4.78 is 10.8. The summed E-state index contributed by atoms with van der Waals surface area (Å²) >= 11 is 0. The Morgan fingerprint density at radius 1 is 0.946 bits per heavy atom. The molecule has 7 heteroatoms. The van der Waals surface area contributed by atoms with Crippen molar-refractivity contribution in [3.63, 3.8) is 0 Å². The van der Waals surface area contributed by atoms with Crippen molar-refractivity contribution in [1.82, 2.24) is 10.3 Å². The molecule has 7 nitrogen and oxygen atoms in total. The van der Waals surface area contributed by atoms with E-state index in [0.29, 0.717) is 41.3 Å². The largest absolute Gasteiger partial charge is 0.497 e. The van der Waals surface area contributed by atoms with E-state index >= 15 is 0 Å². The highest BCUT2D eigenvalue weighted by Gasteiger charge is 2.41. The molecule has 2 aromatic carbocycles. The number of methoxy groups -OCH3 is 2. The highest BCUT2D eigenvalue weighted by atomic mass is 16.5. The first-order valence-corrected chi connectivity index (χ1v) is 12.2. The van der Waals surface area contributed by atoms with Crippen LogP contribution in [0, 0.1) is 0 Å². The summed E-state index contributed by atoms with van der Waals surface area (Å²) in [6.07, 6.45) is 2.65. The Morgan fingerprint density at radius 3 is 2.43 bits per heavy atom. The third-order valence-corrected chi connectivity index (χ3v) is 6.99. The Labute approximate surface area is 216 Å². The normalized spacial score (nSPS) is 19.2. The van der Waals surface area contributed by atoms with Gasteiger partial charge < -0.3 is 20.1 Å². The minimum absolute atomic E-state index is 0.0259. The highest BCUT2D eigenvalue weighted by Crippen LogP contribution is 2.46. The number of amides is 1. The number of carbonyl (C=O) groups excluding carboxylic acids is 2. The molecule has 0 saturated carbocycles. The van der Waals surface area contributed by atoms with E-state index in [4.69, 9.17) is 9.47 Å². The molecule has 0 radical (unpaired) electrons. The Morgan fingerprint density at radius 2 is 1.73 bits per heavy atom. The third kappa shape index (κ3) is 4.85. The molecule has 3 aromatic rings. The Hall–Kier alpha value is -4.39. The summed E-state index contributed by atoms with van der Waals surface area (Å²) in [7, 11) is 3.24. The van der Waals surface area contributed by atoms with Crippen LogP contribution in [0.15, 0.2) is 95.5 Å². The molecular weight excluding hydrogens is 466 g/mol. The number of rotatable bonds is 6.